The predicted octanol–water partition coefficient (Wildman–Crippen LogP) is 3.85. The van der Waals surface area contributed by atoms with Gasteiger partial charge in [0.1, 0.15) is 0 Å². The monoisotopic (exact) mass is 324 g/mol. The number of benzene rings is 4. The first kappa shape index (κ1) is 15.6. The minimum absolute atomic E-state index is 0.495. The van der Waals surface area contributed by atoms with Crippen molar-refractivity contribution in [1.29, 1.82) is 0 Å². The third-order valence-corrected chi connectivity index (χ3v) is 4.51. The molecule has 2 nitrogen and oxygen atoms in total. The number of hydrogen-bond acceptors (Lipinski definition) is 2. The van der Waals surface area contributed by atoms with Crippen molar-refractivity contribution in [3.63, 3.8) is 0 Å². The van der Waals surface area contributed by atoms with Crippen molar-refractivity contribution < 1.29 is 10.0 Å². The summed E-state index contributed by atoms with van der Waals surface area (Å²) in [4.78, 5) is 0. The van der Waals surface area contributed by atoms with E-state index in [1.807, 2.05) is 48.5 Å². The van der Waals surface area contributed by atoms with Gasteiger partial charge in [-0.05, 0) is 38.5 Å². The van der Waals surface area contributed by atoms with E-state index in [9.17, 15) is 10.0 Å². The zero-order valence-electron chi connectivity index (χ0n) is 13.6. The smallest absolute Gasteiger partial charge is 0.423 e. The summed E-state index contributed by atoms with van der Waals surface area (Å²) < 4.78 is 0. The molecule has 25 heavy (non-hydrogen) atoms. The van der Waals surface area contributed by atoms with Gasteiger partial charge in [0.15, 0.2) is 0 Å². The Hall–Kier alpha value is -2.88. The molecule has 0 aromatic heterocycles. The molecule has 0 aliphatic heterocycles. The predicted molar refractivity (Wildman–Crippen MR) is 105 cm³/mol. The number of hydrogen-bond donors (Lipinski definition) is 2. The van der Waals surface area contributed by atoms with Gasteiger partial charge < -0.3 is 10.0 Å². The van der Waals surface area contributed by atoms with E-state index in [4.69, 9.17) is 0 Å². The van der Waals surface area contributed by atoms with Crippen LogP contribution in [0.15, 0.2) is 91.0 Å². The van der Waals surface area contributed by atoms with Gasteiger partial charge in [0, 0.05) is 0 Å². The molecule has 0 saturated carbocycles. The van der Waals surface area contributed by atoms with Crippen LogP contribution in [-0.4, -0.2) is 17.2 Å². The minimum Gasteiger partial charge on any atom is -0.423 e. The van der Waals surface area contributed by atoms with Crippen molar-refractivity contribution in [3.8, 4) is 22.3 Å². The van der Waals surface area contributed by atoms with Crippen molar-refractivity contribution in [2.45, 2.75) is 0 Å². The molecule has 2 N–H and O–H groups in total. The maximum atomic E-state index is 9.59. The van der Waals surface area contributed by atoms with Crippen LogP contribution in [-0.2, 0) is 0 Å². The molecule has 4 aromatic carbocycles. The molecule has 0 aliphatic carbocycles. The highest BCUT2D eigenvalue weighted by Gasteiger charge is 2.15. The van der Waals surface area contributed by atoms with E-state index in [0.29, 0.717) is 5.46 Å². The van der Waals surface area contributed by atoms with Gasteiger partial charge in [-0.3, -0.25) is 0 Å². The molecule has 0 amide bonds. The van der Waals surface area contributed by atoms with Crippen LogP contribution < -0.4 is 5.46 Å². The van der Waals surface area contributed by atoms with Crippen molar-refractivity contribution in [3.05, 3.63) is 91.0 Å². The van der Waals surface area contributed by atoms with E-state index >= 15 is 0 Å². The highest BCUT2D eigenvalue weighted by molar-refractivity contribution is 6.59. The Bertz CT molecular complexity index is 1010. The second-order valence-corrected chi connectivity index (χ2v) is 6.07. The van der Waals surface area contributed by atoms with Crippen LogP contribution in [0, 0.1) is 0 Å². The highest BCUT2D eigenvalue weighted by atomic mass is 16.4. The lowest BCUT2D eigenvalue weighted by atomic mass is 9.78. The Labute approximate surface area is 147 Å². The van der Waals surface area contributed by atoms with Gasteiger partial charge in [0.05, 0.1) is 0 Å². The summed E-state index contributed by atoms with van der Waals surface area (Å²) in [6, 6.07) is 30.2. The fourth-order valence-corrected chi connectivity index (χ4v) is 3.27. The van der Waals surface area contributed by atoms with Crippen LogP contribution in [0.4, 0.5) is 0 Å². The SMILES string of the molecule is OB(O)c1ccc2c(-c3ccccc3)ccc(-c3ccccc3)c2c1. The Morgan fingerprint density at radius 2 is 1.04 bits per heavy atom. The fourth-order valence-electron chi connectivity index (χ4n) is 3.27. The quantitative estimate of drug-likeness (QED) is 0.562. The molecule has 4 rings (SSSR count). The van der Waals surface area contributed by atoms with Crippen molar-refractivity contribution >= 4 is 23.4 Å². The van der Waals surface area contributed by atoms with Gasteiger partial charge in [-0.2, -0.15) is 0 Å². The average molecular weight is 324 g/mol. The van der Waals surface area contributed by atoms with Gasteiger partial charge in [0.25, 0.3) is 0 Å². The van der Waals surface area contributed by atoms with E-state index in [2.05, 4.69) is 36.4 Å². The molecule has 0 aliphatic rings. The zero-order chi connectivity index (χ0) is 17.2. The van der Waals surface area contributed by atoms with Crippen molar-refractivity contribution in [1.82, 2.24) is 0 Å². The van der Waals surface area contributed by atoms with Gasteiger partial charge in [-0.15, -0.1) is 0 Å². The maximum absolute atomic E-state index is 9.59. The normalized spacial score (nSPS) is 10.8. The van der Waals surface area contributed by atoms with Crippen LogP contribution in [0.2, 0.25) is 0 Å². The Balaban J connectivity index is 2.03. The van der Waals surface area contributed by atoms with Gasteiger partial charge in [-0.25, -0.2) is 0 Å². The van der Waals surface area contributed by atoms with E-state index in [0.717, 1.165) is 33.0 Å². The molecule has 0 fully saturated rings. The van der Waals surface area contributed by atoms with E-state index in [-0.39, 0.29) is 0 Å². The summed E-state index contributed by atoms with van der Waals surface area (Å²) in [5.74, 6) is 0. The van der Waals surface area contributed by atoms with E-state index in [1.54, 1.807) is 6.07 Å². The molecule has 0 radical (unpaired) electrons. The van der Waals surface area contributed by atoms with Gasteiger partial charge in [0.2, 0.25) is 0 Å². The summed E-state index contributed by atoms with van der Waals surface area (Å²) in [7, 11) is -1.48. The molecule has 4 aromatic rings. The van der Waals surface area contributed by atoms with Crippen LogP contribution in [0.5, 0.6) is 0 Å². The van der Waals surface area contributed by atoms with E-state index in [1.165, 1.54) is 0 Å². The third-order valence-electron chi connectivity index (χ3n) is 4.51. The first-order chi connectivity index (χ1) is 12.2. The van der Waals surface area contributed by atoms with Gasteiger partial charge >= 0.3 is 7.12 Å². The zero-order valence-corrected chi connectivity index (χ0v) is 13.6. The molecular weight excluding hydrogens is 307 g/mol. The average Bonchev–Trinajstić information content (AvgIpc) is 2.68. The molecule has 0 heterocycles. The fraction of sp³-hybridized carbons (Fsp3) is 0. The van der Waals surface area contributed by atoms with Crippen LogP contribution >= 0.6 is 0 Å². The molecule has 3 heteroatoms. The first-order valence-electron chi connectivity index (χ1n) is 8.28. The summed E-state index contributed by atoms with van der Waals surface area (Å²) in [5, 5.41) is 21.3. The summed E-state index contributed by atoms with van der Waals surface area (Å²) in [6.07, 6.45) is 0. The van der Waals surface area contributed by atoms with Gasteiger partial charge in [-0.1, -0.05) is 91.0 Å². The molecule has 0 bridgehead atoms. The van der Waals surface area contributed by atoms with Crippen LogP contribution in [0.3, 0.4) is 0 Å². The second-order valence-electron chi connectivity index (χ2n) is 6.07. The summed E-state index contributed by atoms with van der Waals surface area (Å²) in [5.41, 5.74) is 4.96. The molecule has 0 atom stereocenters. The third kappa shape index (κ3) is 2.96. The Kier molecular flexibility index (Phi) is 4.10. The number of rotatable bonds is 3. The van der Waals surface area contributed by atoms with Crippen molar-refractivity contribution in [2.24, 2.45) is 0 Å². The van der Waals surface area contributed by atoms with Crippen molar-refractivity contribution in [2.75, 3.05) is 0 Å². The largest absolute Gasteiger partial charge is 0.488 e. The molecule has 0 unspecified atom stereocenters. The Morgan fingerprint density at radius 1 is 0.520 bits per heavy atom. The molecule has 0 saturated heterocycles. The summed E-state index contributed by atoms with van der Waals surface area (Å²) >= 11 is 0. The lowest BCUT2D eigenvalue weighted by Gasteiger charge is -2.13. The number of fused-ring (bicyclic) bond motifs is 1. The lowest BCUT2D eigenvalue weighted by molar-refractivity contribution is 0.426. The lowest BCUT2D eigenvalue weighted by Crippen LogP contribution is -2.29. The molecular formula is C22H17BO2. The first-order valence-corrected chi connectivity index (χ1v) is 8.28. The highest BCUT2D eigenvalue weighted by Crippen LogP contribution is 2.35. The van der Waals surface area contributed by atoms with Crippen LogP contribution in [0.25, 0.3) is 33.0 Å². The molecule has 0 spiro atoms. The van der Waals surface area contributed by atoms with E-state index < -0.39 is 7.12 Å². The Morgan fingerprint density at radius 3 is 1.56 bits per heavy atom. The minimum atomic E-state index is -1.48. The maximum Gasteiger partial charge on any atom is 0.488 e. The second kappa shape index (κ2) is 6.56. The van der Waals surface area contributed by atoms with Crippen LogP contribution in [0.1, 0.15) is 0 Å². The topological polar surface area (TPSA) is 40.5 Å². The standard InChI is InChI=1S/C22H17BO2/c24-23(25)18-11-12-21-19(16-7-3-1-4-8-16)13-14-20(22(21)15-18)17-9-5-2-6-10-17/h1-15,24-25H. The summed E-state index contributed by atoms with van der Waals surface area (Å²) in [6.45, 7) is 0. The molecule has 120 valence electrons.